The molecule has 4 rings (SSSR count). The number of hydrogen-bond acceptors (Lipinski definition) is 5. The highest BCUT2D eigenvalue weighted by molar-refractivity contribution is 5.95. The van der Waals surface area contributed by atoms with E-state index < -0.39 is 6.36 Å². The number of carbonyl (C=O) groups excluding carboxylic acids is 2. The number of halogens is 3. The maximum Gasteiger partial charge on any atom is 0.573 e. The smallest absolute Gasteiger partial charge is 0.436 e. The minimum atomic E-state index is -4.79. The summed E-state index contributed by atoms with van der Waals surface area (Å²) in [5, 5.41) is 2.84. The van der Waals surface area contributed by atoms with Crippen molar-refractivity contribution in [2.75, 3.05) is 13.6 Å². The fourth-order valence-electron chi connectivity index (χ4n) is 4.22. The van der Waals surface area contributed by atoms with Crippen molar-refractivity contribution in [1.29, 1.82) is 0 Å². The Morgan fingerprint density at radius 3 is 2.59 bits per heavy atom. The first-order valence-electron chi connectivity index (χ1n) is 11.0. The van der Waals surface area contributed by atoms with E-state index in [1.165, 1.54) is 6.07 Å². The number of fused-ring (bicyclic) bond motifs is 1. The number of aromatic nitrogens is 1. The molecule has 10 heteroatoms. The van der Waals surface area contributed by atoms with Gasteiger partial charge in [-0.1, -0.05) is 0 Å². The van der Waals surface area contributed by atoms with Crippen LogP contribution in [0.4, 0.5) is 13.2 Å². The van der Waals surface area contributed by atoms with Gasteiger partial charge in [-0.25, -0.2) is 4.98 Å². The molecule has 1 aliphatic rings. The molecule has 2 atom stereocenters. The van der Waals surface area contributed by atoms with E-state index in [2.05, 4.69) is 15.0 Å². The van der Waals surface area contributed by atoms with Gasteiger partial charge in [-0.05, 0) is 62.6 Å². The Bertz CT molecular complexity index is 1190. The molecular weight excluding hydrogens is 451 g/mol. The van der Waals surface area contributed by atoms with Crippen LogP contribution in [0.15, 0.2) is 46.9 Å². The molecule has 1 aromatic heterocycles. The molecule has 1 heterocycles. The first kappa shape index (κ1) is 23.6. The molecule has 0 bridgehead atoms. The van der Waals surface area contributed by atoms with Crippen LogP contribution in [-0.2, 0) is 4.79 Å². The average molecular weight is 475 g/mol. The lowest BCUT2D eigenvalue weighted by Crippen LogP contribution is -2.36. The van der Waals surface area contributed by atoms with Crippen molar-refractivity contribution >= 4 is 22.9 Å². The Balaban J connectivity index is 1.45. The highest BCUT2D eigenvalue weighted by atomic mass is 19.4. The van der Waals surface area contributed by atoms with E-state index in [-0.39, 0.29) is 40.9 Å². The lowest BCUT2D eigenvalue weighted by molar-refractivity contribution is -0.274. The van der Waals surface area contributed by atoms with Crippen molar-refractivity contribution in [3.63, 3.8) is 0 Å². The van der Waals surface area contributed by atoms with Crippen LogP contribution >= 0.6 is 0 Å². The summed E-state index contributed by atoms with van der Waals surface area (Å²) in [6.45, 7) is 2.47. The van der Waals surface area contributed by atoms with Gasteiger partial charge in [0.1, 0.15) is 11.3 Å². The van der Waals surface area contributed by atoms with Gasteiger partial charge in [0.15, 0.2) is 5.58 Å². The number of benzene rings is 2. The zero-order valence-corrected chi connectivity index (χ0v) is 18.7. The molecule has 2 aromatic carbocycles. The van der Waals surface area contributed by atoms with Gasteiger partial charge in [0.25, 0.3) is 5.91 Å². The molecule has 1 fully saturated rings. The van der Waals surface area contributed by atoms with Crippen LogP contribution in [0.5, 0.6) is 5.75 Å². The van der Waals surface area contributed by atoms with Crippen molar-refractivity contribution in [3.8, 4) is 17.2 Å². The minimum Gasteiger partial charge on any atom is -0.436 e. The third-order valence-corrected chi connectivity index (χ3v) is 5.97. The second-order valence-corrected chi connectivity index (χ2v) is 8.25. The number of hydrogen-bond donors (Lipinski definition) is 1. The molecule has 0 radical (unpaired) electrons. The van der Waals surface area contributed by atoms with Crippen molar-refractivity contribution < 1.29 is 31.9 Å². The zero-order valence-electron chi connectivity index (χ0n) is 18.7. The van der Waals surface area contributed by atoms with Gasteiger partial charge in [0.05, 0.1) is 0 Å². The Morgan fingerprint density at radius 1 is 1.18 bits per heavy atom. The molecule has 0 aliphatic heterocycles. The summed E-state index contributed by atoms with van der Waals surface area (Å²) < 4.78 is 46.9. The maximum absolute atomic E-state index is 13.0. The molecule has 0 spiro atoms. The van der Waals surface area contributed by atoms with Crippen molar-refractivity contribution in [2.45, 2.75) is 38.6 Å². The van der Waals surface area contributed by atoms with E-state index in [4.69, 9.17) is 4.42 Å². The van der Waals surface area contributed by atoms with Crippen LogP contribution < -0.4 is 10.1 Å². The van der Waals surface area contributed by atoms with E-state index >= 15 is 0 Å². The molecule has 2 amide bonds. The quantitative estimate of drug-likeness (QED) is 0.555. The Kier molecular flexibility index (Phi) is 6.49. The SMILES string of the molecule is CCNC(=O)C1CCC(N(C)C(=O)c2ccc(-c3nc4cc(OC(F)(F)F)ccc4o3)cc2)C1. The van der Waals surface area contributed by atoms with Gasteiger partial charge in [0, 0.05) is 42.7 Å². The summed E-state index contributed by atoms with van der Waals surface area (Å²) in [5.74, 6) is -0.369. The third kappa shape index (κ3) is 5.16. The molecular formula is C24H24F3N3O4. The summed E-state index contributed by atoms with van der Waals surface area (Å²) >= 11 is 0. The molecule has 1 aliphatic carbocycles. The Labute approximate surface area is 193 Å². The summed E-state index contributed by atoms with van der Waals surface area (Å²) in [6, 6.07) is 10.3. The first-order chi connectivity index (χ1) is 16.1. The minimum absolute atomic E-state index is 0.00932. The van der Waals surface area contributed by atoms with E-state index in [1.54, 1.807) is 36.2 Å². The van der Waals surface area contributed by atoms with Crippen LogP contribution in [-0.4, -0.2) is 47.7 Å². The fraction of sp³-hybridized carbons (Fsp3) is 0.375. The number of carbonyl (C=O) groups is 2. The largest absolute Gasteiger partial charge is 0.573 e. The summed E-state index contributed by atoms with van der Waals surface area (Å²) in [5.41, 5.74) is 1.59. The predicted molar refractivity (Wildman–Crippen MR) is 118 cm³/mol. The second kappa shape index (κ2) is 9.36. The van der Waals surface area contributed by atoms with E-state index in [9.17, 15) is 22.8 Å². The molecule has 3 aromatic rings. The summed E-state index contributed by atoms with van der Waals surface area (Å²) in [7, 11) is 1.74. The van der Waals surface area contributed by atoms with Gasteiger partial charge in [-0.3, -0.25) is 9.59 Å². The first-order valence-corrected chi connectivity index (χ1v) is 11.0. The number of nitrogens with zero attached hydrogens (tertiary/aromatic N) is 2. The van der Waals surface area contributed by atoms with Gasteiger partial charge < -0.3 is 19.4 Å². The van der Waals surface area contributed by atoms with Crippen LogP contribution in [0, 0.1) is 5.92 Å². The number of nitrogens with one attached hydrogen (secondary N) is 1. The lowest BCUT2D eigenvalue weighted by Gasteiger charge is -2.25. The summed E-state index contributed by atoms with van der Waals surface area (Å²) in [6.07, 6.45) is -2.64. The van der Waals surface area contributed by atoms with Crippen LogP contribution in [0.2, 0.25) is 0 Å². The van der Waals surface area contributed by atoms with E-state index in [1.807, 2.05) is 6.92 Å². The van der Waals surface area contributed by atoms with Gasteiger partial charge in [-0.15, -0.1) is 13.2 Å². The van der Waals surface area contributed by atoms with Crippen LogP contribution in [0.25, 0.3) is 22.6 Å². The number of oxazole rings is 1. The fourth-order valence-corrected chi connectivity index (χ4v) is 4.22. The molecule has 0 saturated heterocycles. The zero-order chi connectivity index (χ0) is 24.5. The van der Waals surface area contributed by atoms with Crippen LogP contribution in [0.3, 0.4) is 0 Å². The van der Waals surface area contributed by atoms with E-state index in [0.717, 1.165) is 25.0 Å². The Hall–Kier alpha value is -3.56. The highest BCUT2D eigenvalue weighted by Crippen LogP contribution is 2.31. The highest BCUT2D eigenvalue weighted by Gasteiger charge is 2.34. The molecule has 180 valence electrons. The molecule has 1 N–H and O–H groups in total. The van der Waals surface area contributed by atoms with Gasteiger partial charge in [-0.2, -0.15) is 0 Å². The second-order valence-electron chi connectivity index (χ2n) is 8.25. The molecule has 1 saturated carbocycles. The third-order valence-electron chi connectivity index (χ3n) is 5.97. The Morgan fingerprint density at radius 2 is 1.91 bits per heavy atom. The topological polar surface area (TPSA) is 84.7 Å². The van der Waals surface area contributed by atoms with Crippen molar-refractivity contribution in [3.05, 3.63) is 48.0 Å². The number of ether oxygens (including phenoxy) is 1. The van der Waals surface area contributed by atoms with Crippen molar-refractivity contribution in [2.24, 2.45) is 5.92 Å². The monoisotopic (exact) mass is 475 g/mol. The normalized spacial score (nSPS) is 18.1. The van der Waals surface area contributed by atoms with Crippen molar-refractivity contribution in [1.82, 2.24) is 15.2 Å². The molecule has 7 nitrogen and oxygen atoms in total. The number of alkyl halides is 3. The number of rotatable bonds is 6. The van der Waals surface area contributed by atoms with Gasteiger partial charge >= 0.3 is 6.36 Å². The lowest BCUT2D eigenvalue weighted by atomic mass is 10.1. The molecule has 2 unspecified atom stereocenters. The van der Waals surface area contributed by atoms with Gasteiger partial charge in [0.2, 0.25) is 11.8 Å². The predicted octanol–water partition coefficient (Wildman–Crippen LogP) is 4.77. The maximum atomic E-state index is 13.0. The van der Waals surface area contributed by atoms with Crippen LogP contribution in [0.1, 0.15) is 36.5 Å². The number of amides is 2. The standard InChI is InChI=1S/C24H24F3N3O4/c1-3-28-21(31)16-8-9-17(12-16)30(2)23(32)15-6-4-14(5-7-15)22-29-19-13-18(34-24(25,26)27)10-11-20(19)33-22/h4-7,10-11,13,16-17H,3,8-9,12H2,1-2H3,(H,28,31). The van der Waals surface area contributed by atoms with E-state index in [0.29, 0.717) is 29.7 Å². The summed E-state index contributed by atoms with van der Waals surface area (Å²) in [4.78, 5) is 31.0. The molecule has 34 heavy (non-hydrogen) atoms. The average Bonchev–Trinajstić information content (AvgIpc) is 3.44.